The third-order valence-electron chi connectivity index (χ3n) is 1.70. The Morgan fingerprint density at radius 1 is 1.54 bits per heavy atom. The second kappa shape index (κ2) is 3.71. The lowest BCUT2D eigenvalue weighted by Crippen LogP contribution is -2.06. The fourth-order valence-corrected chi connectivity index (χ4v) is 1.14. The SMILES string of the molecule is Cc1cccc(NC=O)c1C(=O)O. The molecule has 0 aromatic heterocycles. The second-order valence-corrected chi connectivity index (χ2v) is 2.56. The van der Waals surface area contributed by atoms with Gasteiger partial charge in [-0.2, -0.15) is 0 Å². The Labute approximate surface area is 75.2 Å². The fourth-order valence-electron chi connectivity index (χ4n) is 1.14. The molecule has 0 radical (unpaired) electrons. The number of carbonyl (C=O) groups excluding carboxylic acids is 1. The molecule has 1 aromatic carbocycles. The van der Waals surface area contributed by atoms with Crippen molar-refractivity contribution in [3.63, 3.8) is 0 Å². The van der Waals surface area contributed by atoms with Crippen LogP contribution in [0, 0.1) is 6.92 Å². The molecule has 0 unspecified atom stereocenters. The minimum absolute atomic E-state index is 0.134. The number of anilines is 1. The molecule has 0 heterocycles. The lowest BCUT2D eigenvalue weighted by molar-refractivity contribution is -0.105. The van der Waals surface area contributed by atoms with Crippen LogP contribution in [0.2, 0.25) is 0 Å². The minimum Gasteiger partial charge on any atom is -0.478 e. The molecule has 0 saturated carbocycles. The smallest absolute Gasteiger partial charge is 0.338 e. The van der Waals surface area contributed by atoms with E-state index in [4.69, 9.17) is 5.11 Å². The first-order valence-corrected chi connectivity index (χ1v) is 3.70. The van der Waals surface area contributed by atoms with Gasteiger partial charge in [0.2, 0.25) is 6.41 Å². The van der Waals surface area contributed by atoms with Gasteiger partial charge in [-0.25, -0.2) is 4.79 Å². The Kier molecular flexibility index (Phi) is 2.64. The van der Waals surface area contributed by atoms with Gasteiger partial charge in [0.05, 0.1) is 11.3 Å². The first-order chi connectivity index (χ1) is 6.16. The van der Waals surface area contributed by atoms with E-state index in [1.54, 1.807) is 25.1 Å². The highest BCUT2D eigenvalue weighted by Gasteiger charge is 2.11. The summed E-state index contributed by atoms with van der Waals surface area (Å²) in [7, 11) is 0. The predicted molar refractivity (Wildman–Crippen MR) is 47.8 cm³/mol. The van der Waals surface area contributed by atoms with Gasteiger partial charge in [-0.05, 0) is 18.6 Å². The molecule has 4 nitrogen and oxygen atoms in total. The normalized spacial score (nSPS) is 9.31. The van der Waals surface area contributed by atoms with Crippen LogP contribution >= 0.6 is 0 Å². The van der Waals surface area contributed by atoms with Gasteiger partial charge in [0, 0.05) is 0 Å². The van der Waals surface area contributed by atoms with Crippen LogP contribution in [0.3, 0.4) is 0 Å². The van der Waals surface area contributed by atoms with Crippen LogP contribution in [-0.4, -0.2) is 17.5 Å². The summed E-state index contributed by atoms with van der Waals surface area (Å²) in [5.41, 5.74) is 1.08. The largest absolute Gasteiger partial charge is 0.478 e. The summed E-state index contributed by atoms with van der Waals surface area (Å²) in [6.07, 6.45) is 0.460. The Morgan fingerprint density at radius 2 is 2.23 bits per heavy atom. The van der Waals surface area contributed by atoms with Crippen LogP contribution in [0.5, 0.6) is 0 Å². The fraction of sp³-hybridized carbons (Fsp3) is 0.111. The van der Waals surface area contributed by atoms with Crippen molar-refractivity contribution < 1.29 is 14.7 Å². The molecule has 0 spiro atoms. The van der Waals surface area contributed by atoms with Crippen LogP contribution in [-0.2, 0) is 4.79 Å². The predicted octanol–water partition coefficient (Wildman–Crippen LogP) is 1.26. The molecule has 2 N–H and O–H groups in total. The Hall–Kier alpha value is -1.84. The van der Waals surface area contributed by atoms with E-state index in [-0.39, 0.29) is 5.56 Å². The number of benzene rings is 1. The molecule has 0 atom stereocenters. The van der Waals surface area contributed by atoms with E-state index >= 15 is 0 Å². The second-order valence-electron chi connectivity index (χ2n) is 2.56. The van der Waals surface area contributed by atoms with Gasteiger partial charge in [0.15, 0.2) is 0 Å². The van der Waals surface area contributed by atoms with Crippen LogP contribution in [0.4, 0.5) is 5.69 Å². The van der Waals surface area contributed by atoms with Gasteiger partial charge < -0.3 is 10.4 Å². The first-order valence-electron chi connectivity index (χ1n) is 3.70. The molecule has 0 saturated heterocycles. The van der Waals surface area contributed by atoms with Crippen LogP contribution in [0.1, 0.15) is 15.9 Å². The molecule has 0 bridgehead atoms. The van der Waals surface area contributed by atoms with Gasteiger partial charge in [-0.3, -0.25) is 4.79 Å². The Morgan fingerprint density at radius 3 is 2.77 bits per heavy atom. The number of carboxylic acid groups (broad SMARTS) is 1. The highest BCUT2D eigenvalue weighted by atomic mass is 16.4. The number of carboxylic acids is 1. The van der Waals surface area contributed by atoms with Gasteiger partial charge >= 0.3 is 5.97 Å². The van der Waals surface area contributed by atoms with Crippen molar-refractivity contribution in [3.05, 3.63) is 29.3 Å². The number of rotatable bonds is 3. The standard InChI is InChI=1S/C9H9NO3/c1-6-3-2-4-7(10-5-11)8(6)9(12)13/h2-5H,1H3,(H,10,11)(H,12,13). The van der Waals surface area contributed by atoms with E-state index in [1.165, 1.54) is 0 Å². The van der Waals surface area contributed by atoms with Crippen molar-refractivity contribution in [1.82, 2.24) is 0 Å². The molecule has 0 aliphatic heterocycles. The summed E-state index contributed by atoms with van der Waals surface area (Å²) in [5, 5.41) is 11.2. The average Bonchev–Trinajstić information content (AvgIpc) is 2.04. The Bertz CT molecular complexity index is 347. The lowest BCUT2D eigenvalue weighted by Gasteiger charge is -2.06. The molecule has 1 amide bonds. The Balaban J connectivity index is 3.25. The molecule has 13 heavy (non-hydrogen) atoms. The van der Waals surface area contributed by atoms with Crippen LogP contribution in [0.25, 0.3) is 0 Å². The summed E-state index contributed by atoms with van der Waals surface area (Å²) in [5.74, 6) is -1.04. The number of aryl methyl sites for hydroxylation is 1. The van der Waals surface area contributed by atoms with Crippen molar-refractivity contribution in [1.29, 1.82) is 0 Å². The zero-order valence-electron chi connectivity index (χ0n) is 7.07. The molecule has 4 heteroatoms. The lowest BCUT2D eigenvalue weighted by atomic mass is 10.1. The highest BCUT2D eigenvalue weighted by molar-refractivity contribution is 5.97. The molecular weight excluding hydrogens is 170 g/mol. The highest BCUT2D eigenvalue weighted by Crippen LogP contribution is 2.18. The van der Waals surface area contributed by atoms with Gasteiger partial charge in [-0.15, -0.1) is 0 Å². The van der Waals surface area contributed by atoms with Crippen molar-refractivity contribution in [2.75, 3.05) is 5.32 Å². The van der Waals surface area contributed by atoms with E-state index in [0.717, 1.165) is 0 Å². The van der Waals surface area contributed by atoms with Crippen molar-refractivity contribution in [2.45, 2.75) is 6.92 Å². The van der Waals surface area contributed by atoms with Crippen LogP contribution < -0.4 is 5.32 Å². The van der Waals surface area contributed by atoms with Gasteiger partial charge in [0.1, 0.15) is 0 Å². The van der Waals surface area contributed by atoms with E-state index in [0.29, 0.717) is 17.7 Å². The summed E-state index contributed by atoms with van der Waals surface area (Å²) in [6.45, 7) is 1.68. The quantitative estimate of drug-likeness (QED) is 0.686. The van der Waals surface area contributed by atoms with Gasteiger partial charge in [-0.1, -0.05) is 12.1 Å². The zero-order valence-corrected chi connectivity index (χ0v) is 7.07. The third-order valence-corrected chi connectivity index (χ3v) is 1.70. The number of hydrogen-bond acceptors (Lipinski definition) is 2. The summed E-state index contributed by atoms with van der Waals surface area (Å²) in [4.78, 5) is 20.9. The number of amides is 1. The van der Waals surface area contributed by atoms with Crippen molar-refractivity contribution in [3.8, 4) is 0 Å². The zero-order chi connectivity index (χ0) is 9.84. The van der Waals surface area contributed by atoms with Crippen molar-refractivity contribution in [2.24, 2.45) is 0 Å². The maximum absolute atomic E-state index is 10.8. The number of hydrogen-bond donors (Lipinski definition) is 2. The molecule has 0 aliphatic rings. The number of carbonyl (C=O) groups is 2. The average molecular weight is 179 g/mol. The summed E-state index contributed by atoms with van der Waals surface area (Å²) < 4.78 is 0. The summed E-state index contributed by atoms with van der Waals surface area (Å²) >= 11 is 0. The van der Waals surface area contributed by atoms with Crippen LogP contribution in [0.15, 0.2) is 18.2 Å². The molecule has 1 aromatic rings. The molecule has 1 rings (SSSR count). The molecule has 68 valence electrons. The summed E-state index contributed by atoms with van der Waals surface area (Å²) in [6, 6.07) is 4.91. The molecule has 0 fully saturated rings. The first kappa shape index (κ1) is 9.25. The topological polar surface area (TPSA) is 66.4 Å². The molecule has 0 aliphatic carbocycles. The monoisotopic (exact) mass is 179 g/mol. The van der Waals surface area contributed by atoms with E-state index in [9.17, 15) is 9.59 Å². The maximum Gasteiger partial charge on any atom is 0.338 e. The third kappa shape index (κ3) is 1.84. The minimum atomic E-state index is -1.04. The van der Waals surface area contributed by atoms with Crippen molar-refractivity contribution >= 4 is 18.1 Å². The number of nitrogens with one attached hydrogen (secondary N) is 1. The van der Waals surface area contributed by atoms with E-state index in [1.807, 2.05) is 0 Å². The van der Waals surface area contributed by atoms with E-state index < -0.39 is 5.97 Å². The maximum atomic E-state index is 10.8. The number of aromatic carboxylic acids is 1. The molecular formula is C9H9NO3. The van der Waals surface area contributed by atoms with E-state index in [2.05, 4.69) is 5.32 Å². The van der Waals surface area contributed by atoms with Gasteiger partial charge in [0.25, 0.3) is 0 Å².